The molecule has 0 amide bonds. The Labute approximate surface area is 172 Å². The Balaban J connectivity index is 1.72. The molecule has 1 aliphatic rings. The summed E-state index contributed by atoms with van der Waals surface area (Å²) in [4.78, 5) is 8.87. The second-order valence-corrected chi connectivity index (χ2v) is 7.40. The average Bonchev–Trinajstić information content (AvgIpc) is 2.66. The normalized spacial score (nSPS) is 13.6. The van der Waals surface area contributed by atoms with Gasteiger partial charge in [-0.1, -0.05) is 0 Å². The summed E-state index contributed by atoms with van der Waals surface area (Å²) >= 11 is 3.46. The highest BCUT2D eigenvalue weighted by Gasteiger charge is 2.31. The third kappa shape index (κ3) is 3.89. The Morgan fingerprint density at radius 2 is 1.83 bits per heavy atom. The predicted octanol–water partition coefficient (Wildman–Crippen LogP) is 4.69. The Kier molecular flexibility index (Phi) is 4.89. The molecule has 29 heavy (non-hydrogen) atoms. The van der Waals surface area contributed by atoms with E-state index < -0.39 is 11.7 Å². The van der Waals surface area contributed by atoms with Crippen molar-refractivity contribution in [1.82, 2.24) is 9.97 Å². The zero-order valence-corrected chi connectivity index (χ0v) is 16.8. The minimum atomic E-state index is -4.47. The Morgan fingerprint density at radius 3 is 2.55 bits per heavy atom. The Hall–Kier alpha value is -2.75. The Bertz CT molecular complexity index is 1110. The first-order valence-corrected chi connectivity index (χ1v) is 9.48. The maximum atomic E-state index is 13.0. The number of nitrogens with zero attached hydrogens (tertiary/aromatic N) is 2. The zero-order chi connectivity index (χ0) is 20.8. The van der Waals surface area contributed by atoms with Gasteiger partial charge in [0.05, 0.1) is 10.0 Å². The molecule has 152 valence electrons. The molecule has 1 aromatic heterocycles. The summed E-state index contributed by atoms with van der Waals surface area (Å²) in [6, 6.07) is 5.27. The number of benzene rings is 2. The highest BCUT2D eigenvalue weighted by atomic mass is 79.9. The van der Waals surface area contributed by atoms with Crippen molar-refractivity contribution in [3.05, 3.63) is 45.7 Å². The van der Waals surface area contributed by atoms with Crippen molar-refractivity contribution in [2.24, 2.45) is 0 Å². The van der Waals surface area contributed by atoms with Crippen LogP contribution < -0.4 is 20.5 Å². The highest BCUT2D eigenvalue weighted by Crippen LogP contribution is 2.44. The van der Waals surface area contributed by atoms with E-state index in [0.717, 1.165) is 12.1 Å². The van der Waals surface area contributed by atoms with E-state index in [9.17, 15) is 13.2 Å². The summed E-state index contributed by atoms with van der Waals surface area (Å²) in [7, 11) is 0. The van der Waals surface area contributed by atoms with Gasteiger partial charge < -0.3 is 20.5 Å². The molecule has 3 N–H and O–H groups in total. The zero-order valence-electron chi connectivity index (χ0n) is 15.2. The van der Waals surface area contributed by atoms with Gasteiger partial charge in [0, 0.05) is 17.6 Å². The van der Waals surface area contributed by atoms with Crippen LogP contribution in [0.3, 0.4) is 0 Å². The average molecular weight is 469 g/mol. The summed E-state index contributed by atoms with van der Waals surface area (Å²) in [5.41, 5.74) is 5.86. The van der Waals surface area contributed by atoms with Crippen LogP contribution in [0.25, 0.3) is 10.9 Å². The van der Waals surface area contributed by atoms with Crippen LogP contribution in [0.2, 0.25) is 0 Å². The smallest absolute Gasteiger partial charge is 0.416 e. The molecule has 6 nitrogen and oxygen atoms in total. The van der Waals surface area contributed by atoms with Crippen LogP contribution in [0, 0.1) is 6.92 Å². The first kappa shape index (κ1) is 19.6. The molecule has 0 saturated carbocycles. The van der Waals surface area contributed by atoms with Gasteiger partial charge in [-0.15, -0.1) is 0 Å². The van der Waals surface area contributed by atoms with Gasteiger partial charge >= 0.3 is 6.18 Å². The van der Waals surface area contributed by atoms with Crippen molar-refractivity contribution in [3.8, 4) is 11.5 Å². The summed E-state index contributed by atoms with van der Waals surface area (Å²) in [6.45, 7) is 2.66. The lowest BCUT2D eigenvalue weighted by Gasteiger charge is -2.21. The van der Waals surface area contributed by atoms with E-state index in [-0.39, 0.29) is 12.2 Å². The van der Waals surface area contributed by atoms with E-state index >= 15 is 0 Å². The first-order valence-electron chi connectivity index (χ1n) is 8.69. The maximum absolute atomic E-state index is 13.0. The number of nitrogens with two attached hydrogens (primary N) is 1. The number of hydrogen-bond donors (Lipinski definition) is 2. The lowest BCUT2D eigenvalue weighted by molar-refractivity contribution is -0.137. The van der Waals surface area contributed by atoms with Gasteiger partial charge in [-0.05, 0) is 52.7 Å². The van der Waals surface area contributed by atoms with E-state index in [1.807, 2.05) is 0 Å². The summed E-state index contributed by atoms with van der Waals surface area (Å²) in [5.74, 6) is 2.04. The molecule has 0 atom stereocenters. The van der Waals surface area contributed by atoms with Gasteiger partial charge in [0.2, 0.25) is 0 Å². The number of nitrogen functional groups attached to an aromatic ring is 1. The van der Waals surface area contributed by atoms with E-state index in [0.29, 0.717) is 57.3 Å². The molecule has 0 unspecified atom stereocenters. The molecule has 0 saturated heterocycles. The van der Waals surface area contributed by atoms with Crippen LogP contribution in [0.15, 0.2) is 28.7 Å². The van der Waals surface area contributed by atoms with Crippen LogP contribution >= 0.6 is 15.9 Å². The van der Waals surface area contributed by atoms with E-state index in [4.69, 9.17) is 15.2 Å². The van der Waals surface area contributed by atoms with Crippen LogP contribution in [-0.4, -0.2) is 23.2 Å². The van der Waals surface area contributed by atoms with Crippen molar-refractivity contribution in [1.29, 1.82) is 0 Å². The lowest BCUT2D eigenvalue weighted by Crippen LogP contribution is -2.16. The molecular formula is C19H16BrF3N4O2. The number of aromatic nitrogens is 2. The van der Waals surface area contributed by atoms with Crippen molar-refractivity contribution in [2.45, 2.75) is 19.6 Å². The van der Waals surface area contributed by atoms with E-state index in [2.05, 4.69) is 31.2 Å². The van der Waals surface area contributed by atoms with Gasteiger partial charge in [-0.25, -0.2) is 9.97 Å². The number of rotatable bonds is 3. The summed E-state index contributed by atoms with van der Waals surface area (Å²) in [5, 5.41) is 3.75. The fourth-order valence-electron chi connectivity index (χ4n) is 3.16. The second-order valence-electron chi connectivity index (χ2n) is 6.54. The van der Waals surface area contributed by atoms with Crippen molar-refractivity contribution >= 4 is 38.3 Å². The standard InChI is InChI=1S/C19H16BrF3N4O2/c1-9-26-15-13(7-14(20)16-17(15)29-3-2-28-16)18(27-9)25-8-10-4-11(19(21,22)23)6-12(24)5-10/h4-7H,2-3,8,24H2,1H3,(H,25,26,27). The molecule has 0 fully saturated rings. The predicted molar refractivity (Wildman–Crippen MR) is 106 cm³/mol. The molecule has 0 spiro atoms. The molecule has 1 aliphatic heterocycles. The minimum Gasteiger partial charge on any atom is -0.485 e. The largest absolute Gasteiger partial charge is 0.485 e. The van der Waals surface area contributed by atoms with Crippen LogP contribution in [-0.2, 0) is 12.7 Å². The third-order valence-electron chi connectivity index (χ3n) is 4.35. The molecule has 0 bridgehead atoms. The van der Waals surface area contributed by atoms with Crippen LogP contribution in [0.4, 0.5) is 24.7 Å². The summed E-state index contributed by atoms with van der Waals surface area (Å²) in [6.07, 6.45) is -4.47. The molecule has 3 aromatic rings. The lowest BCUT2D eigenvalue weighted by atomic mass is 10.1. The second kappa shape index (κ2) is 7.25. The van der Waals surface area contributed by atoms with Crippen molar-refractivity contribution in [3.63, 3.8) is 0 Å². The maximum Gasteiger partial charge on any atom is 0.416 e. The van der Waals surface area contributed by atoms with Crippen LogP contribution in [0.5, 0.6) is 11.5 Å². The number of halogens is 4. The Morgan fingerprint density at radius 1 is 1.10 bits per heavy atom. The molecular weight excluding hydrogens is 453 g/mol. The summed E-state index contributed by atoms with van der Waals surface area (Å²) < 4.78 is 51.2. The van der Waals surface area contributed by atoms with Gasteiger partial charge in [0.1, 0.15) is 30.4 Å². The molecule has 10 heteroatoms. The number of fused-ring (bicyclic) bond motifs is 3. The van der Waals surface area contributed by atoms with Gasteiger partial charge in [0.25, 0.3) is 0 Å². The number of anilines is 2. The van der Waals surface area contributed by atoms with Gasteiger partial charge in [-0.3, -0.25) is 0 Å². The number of aryl methyl sites for hydroxylation is 1. The topological polar surface area (TPSA) is 82.3 Å². The quantitative estimate of drug-likeness (QED) is 0.542. The highest BCUT2D eigenvalue weighted by molar-refractivity contribution is 9.10. The van der Waals surface area contributed by atoms with E-state index in [1.54, 1.807) is 13.0 Å². The monoisotopic (exact) mass is 468 g/mol. The minimum absolute atomic E-state index is 0.0442. The van der Waals surface area contributed by atoms with Crippen LogP contribution in [0.1, 0.15) is 17.0 Å². The van der Waals surface area contributed by atoms with Crippen molar-refractivity contribution < 1.29 is 22.6 Å². The molecule has 4 rings (SSSR count). The fourth-order valence-corrected chi connectivity index (χ4v) is 3.68. The fraction of sp³-hybridized carbons (Fsp3) is 0.263. The molecule has 2 heterocycles. The molecule has 2 aromatic carbocycles. The van der Waals surface area contributed by atoms with Gasteiger partial charge in [0.15, 0.2) is 11.5 Å². The number of hydrogen-bond acceptors (Lipinski definition) is 6. The third-order valence-corrected chi connectivity index (χ3v) is 4.93. The van der Waals surface area contributed by atoms with E-state index in [1.165, 1.54) is 6.07 Å². The number of alkyl halides is 3. The first-order chi connectivity index (χ1) is 13.7. The number of nitrogens with one attached hydrogen (secondary N) is 1. The SMILES string of the molecule is Cc1nc(NCc2cc(N)cc(C(F)(F)F)c2)c2cc(Br)c3c(c2n1)OCCO3. The van der Waals surface area contributed by atoms with Gasteiger partial charge in [-0.2, -0.15) is 13.2 Å². The molecule has 0 radical (unpaired) electrons. The van der Waals surface area contributed by atoms with Crippen molar-refractivity contribution in [2.75, 3.05) is 24.3 Å². The molecule has 0 aliphatic carbocycles. The number of ether oxygens (including phenoxy) is 2.